The number of carbonyl (C=O) groups excluding carboxylic acids is 1. The highest BCUT2D eigenvalue weighted by molar-refractivity contribution is 7.13. The van der Waals surface area contributed by atoms with Crippen molar-refractivity contribution in [3.8, 4) is 0 Å². The van der Waals surface area contributed by atoms with Gasteiger partial charge in [-0.15, -0.1) is 11.3 Å². The number of ether oxygens (including phenoxy) is 1. The van der Waals surface area contributed by atoms with E-state index in [0.717, 1.165) is 24.5 Å². The number of nitrogens with zero attached hydrogens (tertiary/aromatic N) is 2. The number of amides is 1. The van der Waals surface area contributed by atoms with Gasteiger partial charge >= 0.3 is 0 Å². The van der Waals surface area contributed by atoms with E-state index in [1.807, 2.05) is 6.92 Å². The molecular formula is C16H17FN2O2S. The minimum atomic E-state index is -0.354. The third-order valence-corrected chi connectivity index (χ3v) is 4.70. The van der Waals surface area contributed by atoms with Gasteiger partial charge < -0.3 is 9.64 Å². The van der Waals surface area contributed by atoms with Gasteiger partial charge in [0.25, 0.3) is 5.91 Å². The van der Waals surface area contributed by atoms with Gasteiger partial charge in [0.2, 0.25) is 0 Å². The predicted octanol–water partition coefficient (Wildman–Crippen LogP) is 3.80. The van der Waals surface area contributed by atoms with Gasteiger partial charge in [-0.25, -0.2) is 9.37 Å². The molecule has 0 radical (unpaired) electrons. The van der Waals surface area contributed by atoms with Crippen LogP contribution in [0.15, 0.2) is 30.5 Å². The summed E-state index contributed by atoms with van der Waals surface area (Å²) in [5, 5.41) is 0.844. The Labute approximate surface area is 132 Å². The fourth-order valence-corrected chi connectivity index (χ4v) is 3.48. The number of hydrogen-bond acceptors (Lipinski definition) is 4. The Morgan fingerprint density at radius 1 is 1.55 bits per heavy atom. The van der Waals surface area contributed by atoms with Crippen molar-refractivity contribution in [2.45, 2.75) is 25.9 Å². The van der Waals surface area contributed by atoms with E-state index < -0.39 is 0 Å². The van der Waals surface area contributed by atoms with Gasteiger partial charge in [0.15, 0.2) is 0 Å². The molecule has 1 aromatic heterocycles. The van der Waals surface area contributed by atoms with E-state index in [0.29, 0.717) is 17.1 Å². The highest BCUT2D eigenvalue weighted by Crippen LogP contribution is 2.32. The lowest BCUT2D eigenvalue weighted by atomic mass is 10.2. The van der Waals surface area contributed by atoms with Crippen LogP contribution in [0.2, 0.25) is 0 Å². The maximum absolute atomic E-state index is 13.4. The molecule has 116 valence electrons. The van der Waals surface area contributed by atoms with Crippen LogP contribution in [-0.2, 0) is 4.74 Å². The highest BCUT2D eigenvalue weighted by atomic mass is 32.1. The summed E-state index contributed by atoms with van der Waals surface area (Å²) >= 11 is 1.36. The lowest BCUT2D eigenvalue weighted by Gasteiger charge is -2.20. The van der Waals surface area contributed by atoms with Crippen LogP contribution in [0.1, 0.15) is 40.5 Å². The second-order valence-electron chi connectivity index (χ2n) is 5.09. The van der Waals surface area contributed by atoms with Gasteiger partial charge in [0, 0.05) is 18.8 Å². The van der Waals surface area contributed by atoms with E-state index in [1.54, 1.807) is 23.2 Å². The van der Waals surface area contributed by atoms with E-state index in [-0.39, 0.29) is 17.8 Å². The summed E-state index contributed by atoms with van der Waals surface area (Å²) in [5.74, 6) is -0.511. The van der Waals surface area contributed by atoms with E-state index in [4.69, 9.17) is 4.74 Å². The second-order valence-corrected chi connectivity index (χ2v) is 6.16. The molecule has 4 nitrogen and oxygen atoms in total. The van der Waals surface area contributed by atoms with Gasteiger partial charge in [-0.05, 0) is 38.0 Å². The summed E-state index contributed by atoms with van der Waals surface area (Å²) < 4.78 is 19.0. The van der Waals surface area contributed by atoms with Crippen LogP contribution < -0.4 is 4.90 Å². The van der Waals surface area contributed by atoms with Crippen LogP contribution in [0.4, 0.5) is 10.1 Å². The lowest BCUT2D eigenvalue weighted by Crippen LogP contribution is -2.30. The Bertz CT molecular complexity index is 668. The minimum absolute atomic E-state index is 0.01000. The molecule has 1 amide bonds. The zero-order valence-corrected chi connectivity index (χ0v) is 13.1. The van der Waals surface area contributed by atoms with E-state index >= 15 is 0 Å². The molecule has 1 aromatic carbocycles. The van der Waals surface area contributed by atoms with Crippen LogP contribution >= 0.6 is 11.3 Å². The number of hydrogen-bond donors (Lipinski definition) is 0. The maximum atomic E-state index is 13.4. The molecule has 0 unspecified atom stereocenters. The summed E-state index contributed by atoms with van der Waals surface area (Å²) in [6.07, 6.45) is 3.57. The molecule has 1 aliphatic heterocycles. The first-order valence-corrected chi connectivity index (χ1v) is 8.15. The molecule has 0 spiro atoms. The first-order chi connectivity index (χ1) is 10.7. The Morgan fingerprint density at radius 2 is 2.41 bits per heavy atom. The fraction of sp³-hybridized carbons (Fsp3) is 0.375. The topological polar surface area (TPSA) is 42.4 Å². The van der Waals surface area contributed by atoms with E-state index in [9.17, 15) is 9.18 Å². The first-order valence-electron chi connectivity index (χ1n) is 7.34. The van der Waals surface area contributed by atoms with E-state index in [2.05, 4.69) is 4.98 Å². The van der Waals surface area contributed by atoms with Crippen LogP contribution in [0.5, 0.6) is 0 Å². The fourth-order valence-electron chi connectivity index (χ4n) is 2.53. The number of rotatable bonds is 4. The normalized spacial score (nSPS) is 17.6. The van der Waals surface area contributed by atoms with Crippen LogP contribution in [0.3, 0.4) is 0 Å². The molecule has 2 heterocycles. The number of carbonyl (C=O) groups is 1. The molecule has 0 N–H and O–H groups in total. The SMILES string of the molecule is CCN(C(=O)c1cnc([C@@H]2CCCO2)s1)c1cccc(F)c1. The van der Waals surface area contributed by atoms with Gasteiger partial charge in [0.1, 0.15) is 21.8 Å². The molecule has 2 aromatic rings. The smallest absolute Gasteiger partial charge is 0.269 e. The molecular weight excluding hydrogens is 303 g/mol. The van der Waals surface area contributed by atoms with Gasteiger partial charge in [-0.3, -0.25) is 4.79 Å². The quantitative estimate of drug-likeness (QED) is 0.860. The molecule has 3 rings (SSSR count). The zero-order chi connectivity index (χ0) is 15.5. The van der Waals surface area contributed by atoms with Crippen LogP contribution in [-0.4, -0.2) is 24.0 Å². The largest absolute Gasteiger partial charge is 0.371 e. The molecule has 1 atom stereocenters. The van der Waals surface area contributed by atoms with Crippen molar-refractivity contribution in [3.63, 3.8) is 0 Å². The summed E-state index contributed by atoms with van der Waals surface area (Å²) in [5.41, 5.74) is 0.555. The van der Waals surface area contributed by atoms with Crippen molar-refractivity contribution < 1.29 is 13.9 Å². The Kier molecular flexibility index (Phi) is 4.49. The number of aromatic nitrogens is 1. The van der Waals surface area contributed by atoms with Crippen molar-refractivity contribution >= 4 is 22.9 Å². The van der Waals surface area contributed by atoms with Crippen molar-refractivity contribution in [2.24, 2.45) is 0 Å². The van der Waals surface area contributed by atoms with Gasteiger partial charge in [0.05, 0.1) is 6.20 Å². The monoisotopic (exact) mass is 320 g/mol. The first kappa shape index (κ1) is 15.1. The number of benzene rings is 1. The summed E-state index contributed by atoms with van der Waals surface area (Å²) in [6.45, 7) is 3.08. The third-order valence-electron chi connectivity index (χ3n) is 3.62. The summed E-state index contributed by atoms with van der Waals surface area (Å²) in [7, 11) is 0. The predicted molar refractivity (Wildman–Crippen MR) is 83.8 cm³/mol. The van der Waals surface area contributed by atoms with Crippen molar-refractivity contribution in [3.05, 3.63) is 46.2 Å². The van der Waals surface area contributed by atoms with Crippen molar-refractivity contribution in [2.75, 3.05) is 18.1 Å². The minimum Gasteiger partial charge on any atom is -0.371 e. The van der Waals surface area contributed by atoms with Crippen LogP contribution in [0.25, 0.3) is 0 Å². The summed E-state index contributed by atoms with van der Waals surface area (Å²) in [4.78, 5) is 19.1. The molecule has 1 aliphatic rings. The van der Waals surface area contributed by atoms with Crippen molar-refractivity contribution in [1.82, 2.24) is 4.98 Å². The molecule has 6 heteroatoms. The lowest BCUT2D eigenvalue weighted by molar-refractivity contribution is 0.0992. The van der Waals surface area contributed by atoms with E-state index in [1.165, 1.54) is 23.5 Å². The molecule has 1 fully saturated rings. The van der Waals surface area contributed by atoms with Crippen LogP contribution in [0, 0.1) is 5.82 Å². The number of halogens is 1. The molecule has 0 saturated carbocycles. The Balaban J connectivity index is 1.82. The molecule has 22 heavy (non-hydrogen) atoms. The van der Waals surface area contributed by atoms with Gasteiger partial charge in [-0.2, -0.15) is 0 Å². The molecule has 0 aliphatic carbocycles. The Morgan fingerprint density at radius 3 is 3.09 bits per heavy atom. The van der Waals surface area contributed by atoms with Crippen molar-refractivity contribution in [1.29, 1.82) is 0 Å². The molecule has 0 bridgehead atoms. The zero-order valence-electron chi connectivity index (χ0n) is 12.3. The second kappa shape index (κ2) is 6.54. The number of thiazole rings is 1. The average Bonchev–Trinajstić information content (AvgIpc) is 3.19. The van der Waals surface area contributed by atoms with Gasteiger partial charge in [-0.1, -0.05) is 6.07 Å². The molecule has 1 saturated heterocycles. The maximum Gasteiger partial charge on any atom is 0.269 e. The summed E-state index contributed by atoms with van der Waals surface area (Å²) in [6, 6.07) is 6.06. The standard InChI is InChI=1S/C16H17FN2O2S/c1-2-19(12-6-3-5-11(17)9-12)16(20)14-10-18-15(22-14)13-7-4-8-21-13/h3,5-6,9-10,13H,2,4,7-8H2,1H3/t13-/m0/s1. The number of anilines is 1. The third kappa shape index (κ3) is 3.03. The Hall–Kier alpha value is -1.79. The highest BCUT2D eigenvalue weighted by Gasteiger charge is 2.24. The average molecular weight is 320 g/mol.